The van der Waals surface area contributed by atoms with E-state index in [-0.39, 0.29) is 10.5 Å². The van der Waals surface area contributed by atoms with Gasteiger partial charge in [0, 0.05) is 32.4 Å². The van der Waals surface area contributed by atoms with Gasteiger partial charge >= 0.3 is 0 Å². The van der Waals surface area contributed by atoms with E-state index >= 15 is 0 Å². The van der Waals surface area contributed by atoms with Gasteiger partial charge < -0.3 is 4.57 Å². The highest BCUT2D eigenvalue weighted by atomic mass is 32.2. The minimum Gasteiger partial charge on any atom is -0.317 e. The zero-order valence-corrected chi connectivity index (χ0v) is 9.90. The molecule has 0 bridgehead atoms. The van der Waals surface area contributed by atoms with Crippen LogP contribution in [0.25, 0.3) is 0 Å². The summed E-state index contributed by atoms with van der Waals surface area (Å²) in [6.07, 6.45) is 3.19. The summed E-state index contributed by atoms with van der Waals surface area (Å²) in [5.74, 6) is 0. The quantitative estimate of drug-likeness (QED) is 0.742. The fourth-order valence-corrected chi connectivity index (χ4v) is 3.37. The van der Waals surface area contributed by atoms with E-state index in [9.17, 15) is 13.2 Å². The second-order valence-electron chi connectivity index (χ2n) is 3.93. The van der Waals surface area contributed by atoms with Gasteiger partial charge in [0.1, 0.15) is 0 Å². The lowest BCUT2D eigenvalue weighted by Gasteiger charge is -2.15. The van der Waals surface area contributed by atoms with Gasteiger partial charge in [-0.15, -0.1) is 0 Å². The van der Waals surface area contributed by atoms with Crippen LogP contribution in [-0.2, 0) is 17.1 Å². The van der Waals surface area contributed by atoms with Crippen molar-refractivity contribution in [3.8, 4) is 0 Å². The van der Waals surface area contributed by atoms with E-state index in [1.165, 1.54) is 27.2 Å². The lowest BCUT2D eigenvalue weighted by atomic mass is 10.4. The van der Waals surface area contributed by atoms with Crippen LogP contribution in [0.2, 0.25) is 0 Å². The Labute approximate surface area is 94.4 Å². The molecule has 1 aromatic heterocycles. The van der Waals surface area contributed by atoms with E-state index in [1.54, 1.807) is 7.05 Å². The number of pyridine rings is 1. The summed E-state index contributed by atoms with van der Waals surface area (Å²) in [5.41, 5.74) is -0.208. The zero-order valence-electron chi connectivity index (χ0n) is 9.09. The van der Waals surface area contributed by atoms with E-state index in [4.69, 9.17) is 0 Å². The second kappa shape index (κ2) is 4.03. The van der Waals surface area contributed by atoms with Crippen LogP contribution < -0.4 is 5.56 Å². The third kappa shape index (κ3) is 1.90. The molecule has 6 heteroatoms. The van der Waals surface area contributed by atoms with Crippen molar-refractivity contribution in [1.29, 1.82) is 0 Å². The molecule has 5 nitrogen and oxygen atoms in total. The van der Waals surface area contributed by atoms with Crippen molar-refractivity contribution in [3.63, 3.8) is 0 Å². The number of rotatable bonds is 2. The van der Waals surface area contributed by atoms with E-state index in [0.717, 1.165) is 12.8 Å². The van der Waals surface area contributed by atoms with Crippen LogP contribution >= 0.6 is 0 Å². The average molecular weight is 242 g/mol. The summed E-state index contributed by atoms with van der Waals surface area (Å²) in [7, 11) is -1.86. The first kappa shape index (κ1) is 11.3. The van der Waals surface area contributed by atoms with Crippen LogP contribution in [0.5, 0.6) is 0 Å². The highest BCUT2D eigenvalue weighted by Gasteiger charge is 2.27. The Kier molecular flexibility index (Phi) is 2.86. The molecular weight excluding hydrogens is 228 g/mol. The van der Waals surface area contributed by atoms with Crippen molar-refractivity contribution in [2.45, 2.75) is 17.7 Å². The van der Waals surface area contributed by atoms with Gasteiger partial charge in [-0.3, -0.25) is 4.79 Å². The molecule has 1 aromatic rings. The topological polar surface area (TPSA) is 59.4 Å². The van der Waals surface area contributed by atoms with Gasteiger partial charge in [0.15, 0.2) is 0 Å². The molecule has 0 aliphatic carbocycles. The smallest absolute Gasteiger partial charge is 0.250 e. The molecule has 2 rings (SSSR count). The van der Waals surface area contributed by atoms with Crippen LogP contribution in [0.15, 0.2) is 28.0 Å². The monoisotopic (exact) mass is 242 g/mol. The van der Waals surface area contributed by atoms with E-state index < -0.39 is 10.0 Å². The predicted molar refractivity (Wildman–Crippen MR) is 59.7 cm³/mol. The summed E-state index contributed by atoms with van der Waals surface area (Å²) >= 11 is 0. The third-order valence-corrected chi connectivity index (χ3v) is 4.64. The summed E-state index contributed by atoms with van der Waals surface area (Å²) < 4.78 is 27.0. The first-order valence-corrected chi connectivity index (χ1v) is 6.63. The van der Waals surface area contributed by atoms with Gasteiger partial charge in [-0.1, -0.05) is 0 Å². The molecule has 0 N–H and O–H groups in total. The Hall–Kier alpha value is -1.14. The minimum atomic E-state index is -3.40. The van der Waals surface area contributed by atoms with Crippen LogP contribution in [0.1, 0.15) is 12.8 Å². The highest BCUT2D eigenvalue weighted by Crippen LogP contribution is 2.19. The molecule has 1 saturated heterocycles. The van der Waals surface area contributed by atoms with Crippen LogP contribution in [0.4, 0.5) is 0 Å². The Morgan fingerprint density at radius 3 is 2.38 bits per heavy atom. The fraction of sp³-hybridized carbons (Fsp3) is 0.500. The first-order valence-electron chi connectivity index (χ1n) is 5.18. The Morgan fingerprint density at radius 2 is 1.81 bits per heavy atom. The highest BCUT2D eigenvalue weighted by molar-refractivity contribution is 7.89. The fourth-order valence-electron chi connectivity index (χ4n) is 1.80. The molecular formula is C10H14N2O3S. The number of nitrogens with zero attached hydrogens (tertiary/aromatic N) is 2. The van der Waals surface area contributed by atoms with Crippen LogP contribution in [0, 0.1) is 0 Å². The van der Waals surface area contributed by atoms with E-state index in [1.807, 2.05) is 0 Å². The minimum absolute atomic E-state index is 0.191. The van der Waals surface area contributed by atoms with Crippen molar-refractivity contribution < 1.29 is 8.42 Å². The molecule has 16 heavy (non-hydrogen) atoms. The maximum Gasteiger partial charge on any atom is 0.250 e. The molecule has 0 amide bonds. The second-order valence-corrected chi connectivity index (χ2v) is 5.86. The van der Waals surface area contributed by atoms with Crippen molar-refractivity contribution in [2.24, 2.45) is 7.05 Å². The number of aryl methyl sites for hydroxylation is 1. The molecule has 0 atom stereocenters. The molecule has 1 aliphatic rings. The third-order valence-electron chi connectivity index (χ3n) is 2.76. The van der Waals surface area contributed by atoms with Crippen LogP contribution in [0.3, 0.4) is 0 Å². The standard InChI is InChI=1S/C10H14N2O3S/c1-11-8-9(4-5-10(11)13)16(14,15)12-6-2-3-7-12/h4-5,8H,2-3,6-7H2,1H3. The number of aromatic nitrogens is 1. The largest absolute Gasteiger partial charge is 0.317 e. The van der Waals surface area contributed by atoms with Gasteiger partial charge in [-0.25, -0.2) is 8.42 Å². The van der Waals surface area contributed by atoms with E-state index in [2.05, 4.69) is 0 Å². The maximum absolute atomic E-state index is 12.1. The molecule has 1 aliphatic heterocycles. The normalized spacial score (nSPS) is 17.8. The van der Waals surface area contributed by atoms with Crippen molar-refractivity contribution in [1.82, 2.24) is 8.87 Å². The van der Waals surface area contributed by atoms with Crippen molar-refractivity contribution in [2.75, 3.05) is 13.1 Å². The zero-order chi connectivity index (χ0) is 11.8. The molecule has 2 heterocycles. The number of hydrogen-bond donors (Lipinski definition) is 0. The maximum atomic E-state index is 12.1. The lowest BCUT2D eigenvalue weighted by molar-refractivity contribution is 0.476. The predicted octanol–water partition coefficient (Wildman–Crippen LogP) is 0.170. The van der Waals surface area contributed by atoms with Gasteiger partial charge in [0.2, 0.25) is 15.6 Å². The summed E-state index contributed by atoms with van der Waals surface area (Å²) in [6.45, 7) is 1.15. The van der Waals surface area contributed by atoms with Gasteiger partial charge in [-0.05, 0) is 18.9 Å². The summed E-state index contributed by atoms with van der Waals surface area (Å²) in [6, 6.07) is 2.65. The molecule has 0 unspecified atom stereocenters. The molecule has 0 spiro atoms. The average Bonchev–Trinajstić information content (AvgIpc) is 2.75. The summed E-state index contributed by atoms with van der Waals surface area (Å²) in [5, 5.41) is 0. The molecule has 1 fully saturated rings. The molecule has 0 aromatic carbocycles. The number of sulfonamides is 1. The SMILES string of the molecule is Cn1cc(S(=O)(=O)N2CCCC2)ccc1=O. The lowest BCUT2D eigenvalue weighted by Crippen LogP contribution is -2.29. The molecule has 88 valence electrons. The number of hydrogen-bond acceptors (Lipinski definition) is 3. The van der Waals surface area contributed by atoms with Crippen molar-refractivity contribution in [3.05, 3.63) is 28.7 Å². The van der Waals surface area contributed by atoms with Crippen LogP contribution in [-0.4, -0.2) is 30.4 Å². The Morgan fingerprint density at radius 1 is 1.19 bits per heavy atom. The van der Waals surface area contributed by atoms with Gasteiger partial charge in [0.25, 0.3) is 0 Å². The van der Waals surface area contributed by atoms with Crippen molar-refractivity contribution >= 4 is 10.0 Å². The van der Waals surface area contributed by atoms with Gasteiger partial charge in [0.05, 0.1) is 4.90 Å². The molecule has 0 radical (unpaired) electrons. The Balaban J connectivity index is 2.42. The van der Waals surface area contributed by atoms with Gasteiger partial charge in [-0.2, -0.15) is 4.31 Å². The van der Waals surface area contributed by atoms with E-state index in [0.29, 0.717) is 13.1 Å². The molecule has 0 saturated carbocycles. The summed E-state index contributed by atoms with van der Waals surface area (Å²) in [4.78, 5) is 11.4. The Bertz CT molecular complexity index is 541. The first-order chi connectivity index (χ1) is 7.51.